The van der Waals surface area contributed by atoms with E-state index in [-0.39, 0.29) is 17.2 Å². The molecule has 0 atom stereocenters. The summed E-state index contributed by atoms with van der Waals surface area (Å²) in [7, 11) is 1.61. The summed E-state index contributed by atoms with van der Waals surface area (Å²) >= 11 is 1.24. The van der Waals surface area contributed by atoms with Crippen molar-refractivity contribution in [3.63, 3.8) is 0 Å². The van der Waals surface area contributed by atoms with Gasteiger partial charge in [0.25, 0.3) is 5.56 Å². The number of methoxy groups -OCH3 is 1. The van der Waals surface area contributed by atoms with Crippen molar-refractivity contribution in [2.75, 3.05) is 12.9 Å². The van der Waals surface area contributed by atoms with Crippen LogP contribution in [0.2, 0.25) is 0 Å². The molecule has 0 bridgehead atoms. The van der Waals surface area contributed by atoms with Crippen LogP contribution in [0.3, 0.4) is 0 Å². The fourth-order valence-corrected chi connectivity index (χ4v) is 4.15. The second kappa shape index (κ2) is 10.4. The SMILES string of the molecule is CCn1cc2nc(SCC(=O)NCc3ccccc3)n(Cc3ccc(OC)cc3)c(=O)c2n1. The quantitative estimate of drug-likeness (QED) is 0.303. The number of carbonyl (C=O) groups excluding carboxylic acids is 1. The summed E-state index contributed by atoms with van der Waals surface area (Å²) in [5, 5.41) is 7.76. The summed E-state index contributed by atoms with van der Waals surface area (Å²) in [6.45, 7) is 3.36. The zero-order chi connectivity index (χ0) is 23.2. The topological polar surface area (TPSA) is 91.0 Å². The first-order valence-corrected chi connectivity index (χ1v) is 11.6. The number of hydrogen-bond donors (Lipinski definition) is 1. The number of aromatic nitrogens is 4. The van der Waals surface area contributed by atoms with Crippen molar-refractivity contribution in [3.05, 3.63) is 82.3 Å². The van der Waals surface area contributed by atoms with Gasteiger partial charge in [-0.3, -0.25) is 18.8 Å². The van der Waals surface area contributed by atoms with Crippen LogP contribution in [0.5, 0.6) is 5.75 Å². The second-order valence-electron chi connectivity index (χ2n) is 7.40. The van der Waals surface area contributed by atoms with Crippen molar-refractivity contribution >= 4 is 28.7 Å². The van der Waals surface area contributed by atoms with Crippen LogP contribution in [0.25, 0.3) is 11.0 Å². The molecule has 0 aliphatic rings. The normalized spacial score (nSPS) is 11.0. The van der Waals surface area contributed by atoms with Crippen LogP contribution in [0.1, 0.15) is 18.1 Å². The van der Waals surface area contributed by atoms with Gasteiger partial charge in [0.15, 0.2) is 10.7 Å². The van der Waals surface area contributed by atoms with Gasteiger partial charge < -0.3 is 10.1 Å². The van der Waals surface area contributed by atoms with Crippen LogP contribution in [0.15, 0.2) is 70.7 Å². The Morgan fingerprint density at radius 3 is 2.55 bits per heavy atom. The monoisotopic (exact) mass is 463 g/mol. The Hall–Kier alpha value is -3.59. The van der Waals surface area contributed by atoms with Gasteiger partial charge in [-0.15, -0.1) is 0 Å². The number of rotatable bonds is 9. The molecule has 8 nitrogen and oxygen atoms in total. The fourth-order valence-electron chi connectivity index (χ4n) is 3.33. The molecular weight excluding hydrogens is 438 g/mol. The minimum absolute atomic E-state index is 0.126. The number of benzene rings is 2. The molecule has 0 spiro atoms. The molecule has 0 aliphatic carbocycles. The van der Waals surface area contributed by atoms with Gasteiger partial charge in [-0.05, 0) is 30.2 Å². The number of ether oxygens (including phenoxy) is 1. The third-order valence-electron chi connectivity index (χ3n) is 5.13. The molecule has 170 valence electrons. The van der Waals surface area contributed by atoms with E-state index in [1.165, 1.54) is 11.8 Å². The van der Waals surface area contributed by atoms with Crippen LogP contribution < -0.4 is 15.6 Å². The molecule has 33 heavy (non-hydrogen) atoms. The zero-order valence-electron chi connectivity index (χ0n) is 18.5. The van der Waals surface area contributed by atoms with Gasteiger partial charge >= 0.3 is 0 Å². The van der Waals surface area contributed by atoms with E-state index in [2.05, 4.69) is 15.4 Å². The zero-order valence-corrected chi connectivity index (χ0v) is 19.3. The van der Waals surface area contributed by atoms with Gasteiger partial charge in [-0.25, -0.2) is 4.98 Å². The van der Waals surface area contributed by atoms with E-state index >= 15 is 0 Å². The lowest BCUT2D eigenvalue weighted by molar-refractivity contribution is -0.118. The first kappa shape index (κ1) is 22.6. The molecular formula is C24H25N5O3S. The summed E-state index contributed by atoms with van der Waals surface area (Å²) in [6, 6.07) is 17.2. The van der Waals surface area contributed by atoms with E-state index < -0.39 is 0 Å². The molecule has 4 rings (SSSR count). The highest BCUT2D eigenvalue weighted by molar-refractivity contribution is 7.99. The van der Waals surface area contributed by atoms with Crippen LogP contribution in [-0.4, -0.2) is 38.1 Å². The van der Waals surface area contributed by atoms with E-state index in [0.29, 0.717) is 35.8 Å². The van der Waals surface area contributed by atoms with Crippen molar-refractivity contribution in [1.29, 1.82) is 0 Å². The maximum atomic E-state index is 13.3. The van der Waals surface area contributed by atoms with E-state index in [4.69, 9.17) is 4.74 Å². The maximum Gasteiger partial charge on any atom is 0.282 e. The van der Waals surface area contributed by atoms with Crippen molar-refractivity contribution in [2.45, 2.75) is 31.7 Å². The molecule has 0 fully saturated rings. The van der Waals surface area contributed by atoms with Gasteiger partial charge in [-0.1, -0.05) is 54.2 Å². The molecule has 4 aromatic rings. The number of thioether (sulfide) groups is 1. The van der Waals surface area contributed by atoms with E-state index in [1.54, 1.807) is 22.6 Å². The van der Waals surface area contributed by atoms with Crippen molar-refractivity contribution in [2.24, 2.45) is 0 Å². The van der Waals surface area contributed by atoms with Crippen molar-refractivity contribution in [1.82, 2.24) is 24.6 Å². The first-order valence-electron chi connectivity index (χ1n) is 10.6. The van der Waals surface area contributed by atoms with Crippen LogP contribution >= 0.6 is 11.8 Å². The number of carbonyl (C=O) groups is 1. The Kier molecular flexibility index (Phi) is 7.09. The van der Waals surface area contributed by atoms with E-state index in [0.717, 1.165) is 16.9 Å². The summed E-state index contributed by atoms with van der Waals surface area (Å²) in [5.41, 5.74) is 2.57. The highest BCUT2D eigenvalue weighted by Gasteiger charge is 2.16. The van der Waals surface area contributed by atoms with Gasteiger partial charge in [0.05, 0.1) is 25.6 Å². The number of fused-ring (bicyclic) bond motifs is 1. The molecule has 0 saturated heterocycles. The molecule has 0 saturated carbocycles. The standard InChI is InChI=1S/C24H25N5O3S/c1-3-28-15-20-22(27-28)23(31)29(14-18-9-11-19(32-2)12-10-18)24(26-20)33-16-21(30)25-13-17-7-5-4-6-8-17/h4-12,15H,3,13-14,16H2,1-2H3,(H,25,30). The number of hydrogen-bond acceptors (Lipinski definition) is 6. The molecule has 2 heterocycles. The number of aryl methyl sites for hydroxylation is 1. The number of amides is 1. The highest BCUT2D eigenvalue weighted by Crippen LogP contribution is 2.19. The first-order chi connectivity index (χ1) is 16.1. The molecule has 1 N–H and O–H groups in total. The molecule has 9 heteroatoms. The lowest BCUT2D eigenvalue weighted by Crippen LogP contribution is -2.27. The highest BCUT2D eigenvalue weighted by atomic mass is 32.2. The van der Waals surface area contributed by atoms with Gasteiger partial charge in [-0.2, -0.15) is 5.10 Å². The average molecular weight is 464 g/mol. The Balaban J connectivity index is 1.57. The van der Waals surface area contributed by atoms with Gasteiger partial charge in [0.1, 0.15) is 11.3 Å². The predicted octanol–water partition coefficient (Wildman–Crippen LogP) is 3.08. The van der Waals surface area contributed by atoms with Crippen molar-refractivity contribution in [3.8, 4) is 5.75 Å². The number of nitrogens with zero attached hydrogens (tertiary/aromatic N) is 4. The lowest BCUT2D eigenvalue weighted by atomic mass is 10.2. The molecule has 2 aromatic heterocycles. The van der Waals surface area contributed by atoms with Gasteiger partial charge in [0.2, 0.25) is 5.91 Å². The van der Waals surface area contributed by atoms with Crippen LogP contribution in [0.4, 0.5) is 0 Å². The summed E-state index contributed by atoms with van der Waals surface area (Å²) in [6.07, 6.45) is 1.76. The molecule has 0 radical (unpaired) electrons. The number of nitrogens with one attached hydrogen (secondary N) is 1. The molecule has 0 aliphatic heterocycles. The van der Waals surface area contributed by atoms with E-state index in [9.17, 15) is 9.59 Å². The maximum absolute atomic E-state index is 13.3. The van der Waals surface area contributed by atoms with Crippen LogP contribution in [-0.2, 0) is 24.4 Å². The second-order valence-corrected chi connectivity index (χ2v) is 8.35. The third-order valence-corrected chi connectivity index (χ3v) is 6.10. The van der Waals surface area contributed by atoms with E-state index in [1.807, 2.05) is 61.5 Å². The van der Waals surface area contributed by atoms with Gasteiger partial charge in [0, 0.05) is 13.1 Å². The smallest absolute Gasteiger partial charge is 0.282 e. The van der Waals surface area contributed by atoms with Crippen molar-refractivity contribution < 1.29 is 9.53 Å². The Bertz CT molecular complexity index is 1300. The predicted molar refractivity (Wildman–Crippen MR) is 129 cm³/mol. The van der Waals surface area contributed by atoms with Crippen LogP contribution in [0, 0.1) is 0 Å². The minimum atomic E-state index is -0.227. The molecule has 2 aromatic carbocycles. The molecule has 1 amide bonds. The average Bonchev–Trinajstić information content (AvgIpc) is 3.28. The summed E-state index contributed by atoms with van der Waals surface area (Å²) in [5.74, 6) is 0.763. The Labute approximate surface area is 195 Å². The summed E-state index contributed by atoms with van der Waals surface area (Å²) in [4.78, 5) is 30.4. The fraction of sp³-hybridized carbons (Fsp3) is 0.250. The summed E-state index contributed by atoms with van der Waals surface area (Å²) < 4.78 is 8.49. The minimum Gasteiger partial charge on any atom is -0.497 e. The Morgan fingerprint density at radius 2 is 1.85 bits per heavy atom. The molecule has 0 unspecified atom stereocenters. The largest absolute Gasteiger partial charge is 0.497 e. The lowest BCUT2D eigenvalue weighted by Gasteiger charge is -2.12. The Morgan fingerprint density at radius 1 is 1.09 bits per heavy atom. The third kappa shape index (κ3) is 5.43.